The molecule has 0 rings (SSSR count). The van der Waals surface area contributed by atoms with E-state index in [0.717, 1.165) is 13.1 Å². The highest BCUT2D eigenvalue weighted by Crippen LogP contribution is 1.95. The van der Waals surface area contributed by atoms with Crippen molar-refractivity contribution < 1.29 is 4.79 Å². The lowest BCUT2D eigenvalue weighted by Gasteiger charge is -2.32. The Balaban J connectivity index is 4.16. The molecule has 0 aromatic heterocycles. The number of hydrogen-bond acceptors (Lipinski definition) is 3. The summed E-state index contributed by atoms with van der Waals surface area (Å²) in [4.78, 5) is 11.2. The van der Waals surface area contributed by atoms with Crippen molar-refractivity contribution in [1.29, 1.82) is 0 Å². The molecule has 1 N–H and O–H groups in total. The molecule has 4 heteroatoms. The number of hydrogen-bond donors (Lipinski definition) is 1. The van der Waals surface area contributed by atoms with Crippen molar-refractivity contribution in [3.8, 4) is 0 Å². The Morgan fingerprint density at radius 2 is 1.77 bits per heavy atom. The molecule has 78 valence electrons. The molecule has 0 unspecified atom stereocenters. The van der Waals surface area contributed by atoms with Crippen LogP contribution in [0.5, 0.6) is 0 Å². The number of carbonyl (C=O) groups is 1. The van der Waals surface area contributed by atoms with E-state index < -0.39 is 0 Å². The summed E-state index contributed by atoms with van der Waals surface area (Å²) in [7, 11) is 0. The normalized spacial score (nSPS) is 11.0. The van der Waals surface area contributed by atoms with Crippen LogP contribution in [-0.4, -0.2) is 35.1 Å². The average molecular weight is 187 g/mol. The van der Waals surface area contributed by atoms with Crippen molar-refractivity contribution in [3.05, 3.63) is 0 Å². The maximum atomic E-state index is 11.2. The Bertz CT molecular complexity index is 155. The molecule has 13 heavy (non-hydrogen) atoms. The second-order valence-electron chi connectivity index (χ2n) is 3.26. The molecular weight excluding hydrogens is 166 g/mol. The van der Waals surface area contributed by atoms with Gasteiger partial charge in [0.05, 0.1) is 0 Å². The van der Waals surface area contributed by atoms with Crippen LogP contribution in [0, 0.1) is 0 Å². The van der Waals surface area contributed by atoms with Gasteiger partial charge in [-0.3, -0.25) is 9.80 Å². The lowest BCUT2D eigenvalue weighted by molar-refractivity contribution is -0.140. The first-order valence-corrected chi connectivity index (χ1v) is 4.83. The molecule has 0 saturated carbocycles. The monoisotopic (exact) mass is 187 g/mol. The third-order valence-corrected chi connectivity index (χ3v) is 1.87. The molecule has 4 nitrogen and oxygen atoms in total. The van der Waals surface area contributed by atoms with Gasteiger partial charge in [0.15, 0.2) is 0 Å². The van der Waals surface area contributed by atoms with Crippen LogP contribution in [0.3, 0.4) is 0 Å². The minimum absolute atomic E-state index is 0.0434. The van der Waals surface area contributed by atoms with E-state index in [0.29, 0.717) is 0 Å². The summed E-state index contributed by atoms with van der Waals surface area (Å²) in [6, 6.07) is 0.179. The van der Waals surface area contributed by atoms with E-state index in [9.17, 15) is 4.79 Å². The van der Waals surface area contributed by atoms with Gasteiger partial charge in [-0.05, 0) is 13.8 Å². The van der Waals surface area contributed by atoms with E-state index in [1.165, 1.54) is 0 Å². The van der Waals surface area contributed by atoms with Crippen LogP contribution in [-0.2, 0) is 4.79 Å². The van der Waals surface area contributed by atoms with Crippen molar-refractivity contribution >= 4 is 5.91 Å². The van der Waals surface area contributed by atoms with Gasteiger partial charge < -0.3 is 0 Å². The Morgan fingerprint density at radius 3 is 2.00 bits per heavy atom. The van der Waals surface area contributed by atoms with Crippen molar-refractivity contribution in [3.63, 3.8) is 0 Å². The number of amides is 1. The fourth-order valence-corrected chi connectivity index (χ4v) is 1.07. The Morgan fingerprint density at radius 1 is 1.31 bits per heavy atom. The highest BCUT2D eigenvalue weighted by molar-refractivity contribution is 5.72. The second-order valence-corrected chi connectivity index (χ2v) is 3.26. The van der Waals surface area contributed by atoms with Crippen LogP contribution in [0.15, 0.2) is 0 Å². The van der Waals surface area contributed by atoms with Crippen LogP contribution in [0.2, 0.25) is 0 Å². The van der Waals surface area contributed by atoms with E-state index in [1.54, 1.807) is 11.9 Å². The Hall–Kier alpha value is -0.610. The largest absolute Gasteiger partial charge is 0.274 e. The average Bonchev–Trinajstić information content (AvgIpc) is 2.05. The van der Waals surface area contributed by atoms with E-state index >= 15 is 0 Å². The van der Waals surface area contributed by atoms with Crippen LogP contribution < -0.4 is 5.53 Å². The SMILES string of the molecule is CCN(CC)NN(C(C)=O)C(C)C. The Kier molecular flexibility index (Phi) is 5.66. The van der Waals surface area contributed by atoms with Crippen LogP contribution >= 0.6 is 0 Å². The zero-order valence-corrected chi connectivity index (χ0v) is 9.29. The molecule has 0 spiro atoms. The third kappa shape index (κ3) is 4.24. The zero-order chi connectivity index (χ0) is 10.4. The minimum Gasteiger partial charge on any atom is -0.274 e. The molecule has 0 atom stereocenters. The standard InChI is InChI=1S/C9H21N3O/c1-6-11(7-2)10-12(8(3)4)9(5)13/h8,10H,6-7H2,1-5H3. The van der Waals surface area contributed by atoms with Gasteiger partial charge in [0, 0.05) is 26.1 Å². The maximum Gasteiger partial charge on any atom is 0.234 e. The highest BCUT2D eigenvalue weighted by Gasteiger charge is 2.13. The first-order valence-electron chi connectivity index (χ1n) is 4.83. The smallest absolute Gasteiger partial charge is 0.234 e. The van der Waals surface area contributed by atoms with E-state index in [-0.39, 0.29) is 11.9 Å². The van der Waals surface area contributed by atoms with Crippen LogP contribution in [0.25, 0.3) is 0 Å². The predicted molar refractivity (Wildman–Crippen MR) is 53.7 cm³/mol. The zero-order valence-electron chi connectivity index (χ0n) is 9.29. The summed E-state index contributed by atoms with van der Waals surface area (Å²) >= 11 is 0. The molecule has 0 aromatic rings. The predicted octanol–water partition coefficient (Wildman–Crippen LogP) is 1.00. The van der Waals surface area contributed by atoms with Crippen molar-refractivity contribution in [2.45, 2.75) is 40.7 Å². The Labute approximate surface area is 80.8 Å². The third-order valence-electron chi connectivity index (χ3n) is 1.87. The fourth-order valence-electron chi connectivity index (χ4n) is 1.07. The number of nitrogens with one attached hydrogen (secondary N) is 1. The van der Waals surface area contributed by atoms with Crippen LogP contribution in [0.4, 0.5) is 0 Å². The van der Waals surface area contributed by atoms with Crippen LogP contribution in [0.1, 0.15) is 34.6 Å². The van der Waals surface area contributed by atoms with Gasteiger partial charge in [-0.15, -0.1) is 0 Å². The first kappa shape index (κ1) is 12.4. The van der Waals surface area contributed by atoms with Crippen molar-refractivity contribution in [2.75, 3.05) is 13.1 Å². The van der Waals surface area contributed by atoms with E-state index in [4.69, 9.17) is 0 Å². The highest BCUT2D eigenvalue weighted by atomic mass is 16.2. The van der Waals surface area contributed by atoms with Gasteiger partial charge in [-0.1, -0.05) is 13.8 Å². The lowest BCUT2D eigenvalue weighted by atomic mass is 10.4. The van der Waals surface area contributed by atoms with Crippen molar-refractivity contribution in [2.24, 2.45) is 0 Å². The number of rotatable bonds is 5. The molecule has 0 heterocycles. The number of carbonyl (C=O) groups excluding carboxylic acids is 1. The van der Waals surface area contributed by atoms with Gasteiger partial charge in [0.1, 0.15) is 0 Å². The summed E-state index contributed by atoms with van der Waals surface area (Å²) in [5.41, 5.74) is 3.07. The molecule has 1 amide bonds. The number of nitrogens with zero attached hydrogens (tertiary/aromatic N) is 2. The second kappa shape index (κ2) is 5.94. The molecule has 0 aliphatic rings. The number of hydrazine groups is 2. The van der Waals surface area contributed by atoms with Gasteiger partial charge in [0.2, 0.25) is 5.91 Å². The maximum absolute atomic E-state index is 11.2. The molecule has 0 aliphatic heterocycles. The lowest BCUT2D eigenvalue weighted by Crippen LogP contribution is -2.54. The minimum atomic E-state index is 0.0434. The summed E-state index contributed by atoms with van der Waals surface area (Å²) < 4.78 is 0. The van der Waals surface area contributed by atoms with Gasteiger partial charge >= 0.3 is 0 Å². The molecule has 0 saturated heterocycles. The first-order chi connectivity index (χ1) is 6.02. The van der Waals surface area contributed by atoms with Crippen molar-refractivity contribution in [1.82, 2.24) is 15.6 Å². The molecule has 0 radical (unpaired) electrons. The quantitative estimate of drug-likeness (QED) is 0.652. The summed E-state index contributed by atoms with van der Waals surface area (Å²) in [6.45, 7) is 11.4. The van der Waals surface area contributed by atoms with Gasteiger partial charge in [-0.2, -0.15) is 5.53 Å². The molecular formula is C9H21N3O. The molecule has 0 aromatic carbocycles. The molecule has 0 bridgehead atoms. The summed E-state index contributed by atoms with van der Waals surface area (Å²) in [5.74, 6) is 0.0434. The molecule has 0 fully saturated rings. The van der Waals surface area contributed by atoms with Gasteiger partial charge in [-0.25, -0.2) is 5.01 Å². The summed E-state index contributed by atoms with van der Waals surface area (Å²) in [6.07, 6.45) is 0. The van der Waals surface area contributed by atoms with Gasteiger partial charge in [0.25, 0.3) is 0 Å². The van der Waals surface area contributed by atoms with E-state index in [2.05, 4.69) is 19.4 Å². The fraction of sp³-hybridized carbons (Fsp3) is 0.889. The summed E-state index contributed by atoms with van der Waals surface area (Å²) in [5, 5.41) is 3.62. The van der Waals surface area contributed by atoms with E-state index in [1.807, 2.05) is 18.9 Å². The molecule has 0 aliphatic carbocycles. The topological polar surface area (TPSA) is 35.6 Å².